The van der Waals surface area contributed by atoms with E-state index >= 15 is 0 Å². The maximum Gasteiger partial charge on any atom is 0.0443 e. The fourth-order valence-electron chi connectivity index (χ4n) is 2.64. The van der Waals surface area contributed by atoms with E-state index in [4.69, 9.17) is 11.5 Å². The van der Waals surface area contributed by atoms with Crippen molar-refractivity contribution in [3.63, 3.8) is 0 Å². The third kappa shape index (κ3) is 3.76. The van der Waals surface area contributed by atoms with Gasteiger partial charge in [-0.15, -0.1) is 0 Å². The summed E-state index contributed by atoms with van der Waals surface area (Å²) in [6, 6.07) is 2.09. The topological polar surface area (TPSA) is 52.0 Å². The van der Waals surface area contributed by atoms with Crippen LogP contribution in [0.25, 0.3) is 6.08 Å². The maximum atomic E-state index is 6.34. The minimum absolute atomic E-state index is 0.397. The van der Waals surface area contributed by atoms with Gasteiger partial charge in [0.15, 0.2) is 0 Å². The molecular formula is C17H28N2. The van der Waals surface area contributed by atoms with E-state index in [2.05, 4.69) is 52.8 Å². The summed E-state index contributed by atoms with van der Waals surface area (Å²) < 4.78 is 0. The number of nitrogens with two attached hydrogens (primary N) is 2. The molecule has 0 fully saturated rings. The molecule has 2 heteroatoms. The van der Waals surface area contributed by atoms with Crippen molar-refractivity contribution >= 4 is 17.5 Å². The van der Waals surface area contributed by atoms with Crippen LogP contribution in [0.1, 0.15) is 63.1 Å². The molecule has 0 aliphatic rings. The van der Waals surface area contributed by atoms with Crippen molar-refractivity contribution in [2.24, 2.45) is 5.92 Å². The minimum Gasteiger partial charge on any atom is -0.398 e. The van der Waals surface area contributed by atoms with Gasteiger partial charge in [0, 0.05) is 16.9 Å². The summed E-state index contributed by atoms with van der Waals surface area (Å²) in [6.45, 7) is 10.9. The van der Waals surface area contributed by atoms with Crippen LogP contribution >= 0.6 is 0 Å². The number of hydrogen-bond acceptors (Lipinski definition) is 2. The van der Waals surface area contributed by atoms with Gasteiger partial charge in [0.05, 0.1) is 0 Å². The van der Waals surface area contributed by atoms with Crippen molar-refractivity contribution in [2.45, 2.75) is 53.4 Å². The Bertz CT molecular complexity index is 459. The Balaban J connectivity index is 3.28. The van der Waals surface area contributed by atoms with Crippen LogP contribution in [0.2, 0.25) is 0 Å². The zero-order chi connectivity index (χ0) is 14.6. The maximum absolute atomic E-state index is 6.34. The van der Waals surface area contributed by atoms with E-state index in [9.17, 15) is 0 Å². The zero-order valence-electron chi connectivity index (χ0n) is 13.0. The second kappa shape index (κ2) is 6.65. The molecule has 2 nitrogen and oxygen atoms in total. The summed E-state index contributed by atoms with van der Waals surface area (Å²) in [5, 5.41) is 0. The Hall–Kier alpha value is -1.44. The fraction of sp³-hybridized carbons (Fsp3) is 0.529. The van der Waals surface area contributed by atoms with Gasteiger partial charge in [0.2, 0.25) is 0 Å². The molecule has 1 unspecified atom stereocenters. The highest BCUT2D eigenvalue weighted by Gasteiger charge is 2.17. The third-order valence-electron chi connectivity index (χ3n) is 3.54. The van der Waals surface area contributed by atoms with Crippen LogP contribution in [0.15, 0.2) is 12.1 Å². The van der Waals surface area contributed by atoms with Gasteiger partial charge in [-0.3, -0.25) is 0 Å². The molecule has 0 spiro atoms. The number of allylic oxidation sites excluding steroid dienone is 1. The lowest BCUT2D eigenvalue weighted by atomic mass is 9.87. The van der Waals surface area contributed by atoms with Crippen molar-refractivity contribution in [3.8, 4) is 0 Å². The van der Waals surface area contributed by atoms with Crippen LogP contribution in [0.5, 0.6) is 0 Å². The first-order chi connectivity index (χ1) is 8.88. The minimum atomic E-state index is 0.397. The third-order valence-corrected chi connectivity index (χ3v) is 3.54. The molecule has 4 N–H and O–H groups in total. The van der Waals surface area contributed by atoms with Crippen LogP contribution < -0.4 is 11.5 Å². The predicted octanol–water partition coefficient (Wildman–Crippen LogP) is 4.73. The van der Waals surface area contributed by atoms with Gasteiger partial charge < -0.3 is 11.5 Å². The van der Waals surface area contributed by atoms with E-state index < -0.39 is 0 Å². The summed E-state index contributed by atoms with van der Waals surface area (Å²) >= 11 is 0. The van der Waals surface area contributed by atoms with Crippen LogP contribution in [-0.2, 0) is 0 Å². The summed E-state index contributed by atoms with van der Waals surface area (Å²) in [6.07, 6.45) is 6.36. The average Bonchev–Trinajstić information content (AvgIpc) is 2.31. The number of anilines is 2. The largest absolute Gasteiger partial charge is 0.398 e. The highest BCUT2D eigenvalue weighted by molar-refractivity contribution is 5.76. The lowest BCUT2D eigenvalue weighted by molar-refractivity contribution is 0.525. The van der Waals surface area contributed by atoms with Crippen molar-refractivity contribution in [3.05, 3.63) is 28.8 Å². The van der Waals surface area contributed by atoms with Crippen molar-refractivity contribution < 1.29 is 0 Å². The molecule has 0 saturated heterocycles. The van der Waals surface area contributed by atoms with Crippen LogP contribution in [-0.4, -0.2) is 0 Å². The molecule has 19 heavy (non-hydrogen) atoms. The second-order valence-electron chi connectivity index (χ2n) is 5.86. The van der Waals surface area contributed by atoms with Gasteiger partial charge in [-0.25, -0.2) is 0 Å². The highest BCUT2D eigenvalue weighted by atomic mass is 14.6. The van der Waals surface area contributed by atoms with Crippen LogP contribution in [0.4, 0.5) is 11.4 Å². The van der Waals surface area contributed by atoms with Gasteiger partial charge in [0.25, 0.3) is 0 Å². The standard InChI is InChI=1S/C17H28N2/c1-6-7-8-14-10-13(5)16(18)15(17(14)19)12(4)9-11(2)3/h7-8,10-12H,6,9,18-19H2,1-5H3. The van der Waals surface area contributed by atoms with Crippen molar-refractivity contribution in [2.75, 3.05) is 11.5 Å². The Kier molecular flexibility index (Phi) is 5.46. The molecule has 0 aliphatic carbocycles. The average molecular weight is 260 g/mol. The lowest BCUT2D eigenvalue weighted by Crippen LogP contribution is -2.09. The quantitative estimate of drug-likeness (QED) is 0.752. The summed E-state index contributed by atoms with van der Waals surface area (Å²) in [5.74, 6) is 1.04. The normalized spacial score (nSPS) is 13.4. The van der Waals surface area contributed by atoms with Crippen molar-refractivity contribution in [1.82, 2.24) is 0 Å². The molecule has 0 heterocycles. The van der Waals surface area contributed by atoms with Gasteiger partial charge in [-0.05, 0) is 48.8 Å². The molecule has 0 radical (unpaired) electrons. The number of aryl methyl sites for hydroxylation is 1. The van der Waals surface area contributed by atoms with Crippen molar-refractivity contribution in [1.29, 1.82) is 0 Å². The zero-order valence-corrected chi connectivity index (χ0v) is 13.0. The molecule has 106 valence electrons. The van der Waals surface area contributed by atoms with E-state index in [1.54, 1.807) is 0 Å². The molecule has 0 bridgehead atoms. The van der Waals surface area contributed by atoms with E-state index in [1.165, 1.54) is 0 Å². The lowest BCUT2D eigenvalue weighted by Gasteiger charge is -2.21. The summed E-state index contributed by atoms with van der Waals surface area (Å²) in [5.41, 5.74) is 17.6. The summed E-state index contributed by atoms with van der Waals surface area (Å²) in [7, 11) is 0. The summed E-state index contributed by atoms with van der Waals surface area (Å²) in [4.78, 5) is 0. The Morgan fingerprint density at radius 2 is 1.79 bits per heavy atom. The molecule has 1 rings (SSSR count). The Morgan fingerprint density at radius 3 is 2.32 bits per heavy atom. The van der Waals surface area contributed by atoms with E-state index in [0.717, 1.165) is 40.9 Å². The molecular weight excluding hydrogens is 232 g/mol. The molecule has 1 aromatic rings. The number of rotatable bonds is 5. The van der Waals surface area contributed by atoms with Crippen LogP contribution in [0.3, 0.4) is 0 Å². The molecule has 0 saturated carbocycles. The van der Waals surface area contributed by atoms with Gasteiger partial charge >= 0.3 is 0 Å². The highest BCUT2D eigenvalue weighted by Crippen LogP contribution is 2.37. The number of nitrogen functional groups attached to an aromatic ring is 2. The first kappa shape index (κ1) is 15.6. The van der Waals surface area contributed by atoms with E-state index in [0.29, 0.717) is 11.8 Å². The van der Waals surface area contributed by atoms with Gasteiger partial charge in [-0.2, -0.15) is 0 Å². The monoisotopic (exact) mass is 260 g/mol. The first-order valence-electron chi connectivity index (χ1n) is 7.23. The van der Waals surface area contributed by atoms with Gasteiger partial charge in [-0.1, -0.05) is 39.8 Å². The number of hydrogen-bond donors (Lipinski definition) is 2. The Morgan fingerprint density at radius 1 is 1.16 bits per heavy atom. The van der Waals surface area contributed by atoms with Gasteiger partial charge in [0.1, 0.15) is 0 Å². The molecule has 0 aromatic heterocycles. The van der Waals surface area contributed by atoms with E-state index in [-0.39, 0.29) is 0 Å². The molecule has 1 aromatic carbocycles. The first-order valence-corrected chi connectivity index (χ1v) is 7.23. The molecule has 0 aliphatic heterocycles. The Labute approximate surface area is 117 Å². The second-order valence-corrected chi connectivity index (χ2v) is 5.86. The fourth-order valence-corrected chi connectivity index (χ4v) is 2.64. The molecule has 0 amide bonds. The van der Waals surface area contributed by atoms with Crippen LogP contribution in [0, 0.1) is 12.8 Å². The SMILES string of the molecule is CCC=Cc1cc(C)c(N)c(C(C)CC(C)C)c1N. The molecule has 1 atom stereocenters. The smallest absolute Gasteiger partial charge is 0.0443 e. The number of benzene rings is 1. The predicted molar refractivity (Wildman–Crippen MR) is 87.2 cm³/mol. The van der Waals surface area contributed by atoms with E-state index in [1.807, 2.05) is 0 Å².